The van der Waals surface area contributed by atoms with E-state index < -0.39 is 30.1 Å². The number of rotatable bonds is 5. The van der Waals surface area contributed by atoms with Gasteiger partial charge in [0, 0.05) is 5.69 Å². The zero-order chi connectivity index (χ0) is 18.8. The lowest BCUT2D eigenvalue weighted by Crippen LogP contribution is -2.44. The Morgan fingerprint density at radius 3 is 2.29 bits per heavy atom. The Kier molecular flexibility index (Phi) is 5.49. The molecule has 1 amide bonds. The molecule has 0 saturated carbocycles. The van der Waals surface area contributed by atoms with Crippen LogP contribution in [0.4, 0.5) is 27.6 Å². The minimum atomic E-state index is -5.68. The quantitative estimate of drug-likeness (QED) is 0.629. The Balaban J connectivity index is 3.06. The molecule has 0 bridgehead atoms. The fraction of sp³-hybridized carbons (Fsp3) is 0.438. The SMILES string of the molecule is C#CC(C)(C)NC(=O)c1cc(C)ccc1NCC(F)(F)C(F)(F)F. The van der Waals surface area contributed by atoms with Crippen molar-refractivity contribution in [1.29, 1.82) is 0 Å². The maximum Gasteiger partial charge on any atom is 0.455 e. The van der Waals surface area contributed by atoms with E-state index in [1.54, 1.807) is 20.8 Å². The van der Waals surface area contributed by atoms with Crippen molar-refractivity contribution in [3.05, 3.63) is 29.3 Å². The highest BCUT2D eigenvalue weighted by molar-refractivity contribution is 6.00. The number of benzene rings is 1. The first-order valence-electron chi connectivity index (χ1n) is 6.88. The second-order valence-corrected chi connectivity index (χ2v) is 5.83. The summed E-state index contributed by atoms with van der Waals surface area (Å²) in [4.78, 5) is 12.3. The number of hydrogen-bond donors (Lipinski definition) is 2. The van der Waals surface area contributed by atoms with Gasteiger partial charge < -0.3 is 10.6 Å². The molecule has 0 heterocycles. The van der Waals surface area contributed by atoms with Gasteiger partial charge in [-0.3, -0.25) is 4.79 Å². The highest BCUT2D eigenvalue weighted by Gasteiger charge is 2.57. The number of anilines is 1. The van der Waals surface area contributed by atoms with Crippen molar-refractivity contribution in [2.45, 2.75) is 38.4 Å². The average Bonchev–Trinajstić information content (AvgIpc) is 2.44. The van der Waals surface area contributed by atoms with Gasteiger partial charge in [-0.2, -0.15) is 22.0 Å². The zero-order valence-corrected chi connectivity index (χ0v) is 13.3. The maximum absolute atomic E-state index is 13.0. The molecule has 0 atom stereocenters. The van der Waals surface area contributed by atoms with Crippen molar-refractivity contribution in [2.24, 2.45) is 0 Å². The molecule has 2 N–H and O–H groups in total. The number of terminal acetylenes is 1. The molecule has 0 aliphatic heterocycles. The van der Waals surface area contributed by atoms with Gasteiger partial charge in [-0.1, -0.05) is 17.6 Å². The number of halogens is 5. The second kappa shape index (κ2) is 6.67. The molecule has 132 valence electrons. The Morgan fingerprint density at radius 1 is 1.21 bits per heavy atom. The van der Waals surface area contributed by atoms with E-state index in [0.717, 1.165) is 0 Å². The monoisotopic (exact) mass is 348 g/mol. The van der Waals surface area contributed by atoms with Crippen LogP contribution in [0.25, 0.3) is 0 Å². The molecule has 24 heavy (non-hydrogen) atoms. The minimum absolute atomic E-state index is 0.0729. The number of aryl methyl sites for hydroxylation is 1. The molecule has 1 rings (SSSR count). The smallest absolute Gasteiger partial charge is 0.378 e. The summed E-state index contributed by atoms with van der Waals surface area (Å²) in [5, 5.41) is 4.48. The van der Waals surface area contributed by atoms with E-state index in [0.29, 0.717) is 5.56 Å². The molecule has 0 radical (unpaired) electrons. The van der Waals surface area contributed by atoms with Crippen LogP contribution in [-0.2, 0) is 0 Å². The van der Waals surface area contributed by atoms with Gasteiger partial charge >= 0.3 is 12.1 Å². The van der Waals surface area contributed by atoms with E-state index in [4.69, 9.17) is 6.42 Å². The van der Waals surface area contributed by atoms with E-state index in [1.807, 2.05) is 5.32 Å². The van der Waals surface area contributed by atoms with Crippen molar-refractivity contribution >= 4 is 11.6 Å². The molecular formula is C16H17F5N2O. The van der Waals surface area contributed by atoms with Crippen LogP contribution in [-0.4, -0.2) is 30.1 Å². The molecule has 3 nitrogen and oxygen atoms in total. The van der Waals surface area contributed by atoms with Crippen molar-refractivity contribution in [2.75, 3.05) is 11.9 Å². The van der Waals surface area contributed by atoms with Crippen molar-refractivity contribution in [3.63, 3.8) is 0 Å². The zero-order valence-electron chi connectivity index (χ0n) is 13.3. The first-order valence-corrected chi connectivity index (χ1v) is 6.88. The van der Waals surface area contributed by atoms with Gasteiger partial charge in [-0.05, 0) is 32.9 Å². The van der Waals surface area contributed by atoms with Gasteiger partial charge in [0.1, 0.15) is 0 Å². The van der Waals surface area contributed by atoms with E-state index in [1.165, 1.54) is 18.2 Å². The van der Waals surface area contributed by atoms with Crippen LogP contribution < -0.4 is 10.6 Å². The highest BCUT2D eigenvalue weighted by Crippen LogP contribution is 2.35. The number of hydrogen-bond acceptors (Lipinski definition) is 2. The summed E-state index contributed by atoms with van der Waals surface area (Å²) in [7, 11) is 0. The molecule has 0 saturated heterocycles. The minimum Gasteiger partial charge on any atom is -0.378 e. The summed E-state index contributed by atoms with van der Waals surface area (Å²) in [5.74, 6) is -3.28. The standard InChI is InChI=1S/C16H17F5N2O/c1-5-14(3,4)23-13(24)11-8-10(2)6-7-12(11)22-9-15(17,18)16(19,20)21/h1,6-8,22H,9H2,2-4H3,(H,23,24). The normalized spacial score (nSPS) is 12.5. The first-order chi connectivity index (χ1) is 10.8. The van der Waals surface area contributed by atoms with Crippen LogP contribution in [0.3, 0.4) is 0 Å². The molecule has 0 aromatic heterocycles. The summed E-state index contributed by atoms with van der Waals surface area (Å²) < 4.78 is 62.8. The lowest BCUT2D eigenvalue weighted by Gasteiger charge is -2.23. The topological polar surface area (TPSA) is 41.1 Å². The summed E-state index contributed by atoms with van der Waals surface area (Å²) in [6.45, 7) is 3.06. The van der Waals surface area contributed by atoms with Gasteiger partial charge in [-0.25, -0.2) is 0 Å². The summed E-state index contributed by atoms with van der Waals surface area (Å²) in [5.41, 5.74) is -0.591. The van der Waals surface area contributed by atoms with Gasteiger partial charge in [0.25, 0.3) is 5.91 Å². The number of carbonyl (C=O) groups is 1. The third-order valence-electron chi connectivity index (χ3n) is 3.12. The molecule has 0 unspecified atom stereocenters. The molecule has 1 aromatic carbocycles. The van der Waals surface area contributed by atoms with Gasteiger partial charge in [-0.15, -0.1) is 6.42 Å². The van der Waals surface area contributed by atoms with Crippen LogP contribution >= 0.6 is 0 Å². The number of carbonyl (C=O) groups excluding carboxylic acids is 1. The summed E-state index contributed by atoms with van der Waals surface area (Å²) in [6, 6.07) is 4.12. The van der Waals surface area contributed by atoms with Gasteiger partial charge in [0.05, 0.1) is 17.6 Å². The molecule has 8 heteroatoms. The van der Waals surface area contributed by atoms with Crippen LogP contribution in [0.2, 0.25) is 0 Å². The van der Waals surface area contributed by atoms with E-state index in [-0.39, 0.29) is 11.3 Å². The molecule has 0 fully saturated rings. The van der Waals surface area contributed by atoms with E-state index in [2.05, 4.69) is 11.2 Å². The number of nitrogens with one attached hydrogen (secondary N) is 2. The molecular weight excluding hydrogens is 331 g/mol. The highest BCUT2D eigenvalue weighted by atomic mass is 19.4. The van der Waals surface area contributed by atoms with Crippen LogP contribution in [0, 0.1) is 19.3 Å². The molecule has 0 aliphatic rings. The Morgan fingerprint density at radius 2 is 1.79 bits per heavy atom. The van der Waals surface area contributed by atoms with Crippen LogP contribution in [0.15, 0.2) is 18.2 Å². The third-order valence-corrected chi connectivity index (χ3v) is 3.12. The Hall–Kier alpha value is -2.30. The fourth-order valence-corrected chi connectivity index (χ4v) is 1.69. The molecule has 0 spiro atoms. The van der Waals surface area contributed by atoms with Crippen LogP contribution in [0.1, 0.15) is 29.8 Å². The third kappa shape index (κ3) is 4.85. The summed E-state index contributed by atoms with van der Waals surface area (Å²) in [6.07, 6.45) is -0.422. The van der Waals surface area contributed by atoms with E-state index >= 15 is 0 Å². The number of amides is 1. The van der Waals surface area contributed by atoms with Gasteiger partial charge in [0.15, 0.2) is 0 Å². The first kappa shape index (κ1) is 19.7. The lowest BCUT2D eigenvalue weighted by molar-refractivity contribution is -0.275. The fourth-order valence-electron chi connectivity index (χ4n) is 1.69. The molecule has 1 aromatic rings. The van der Waals surface area contributed by atoms with Gasteiger partial charge in [0.2, 0.25) is 0 Å². The van der Waals surface area contributed by atoms with Crippen molar-refractivity contribution < 1.29 is 26.7 Å². The summed E-state index contributed by atoms with van der Waals surface area (Å²) >= 11 is 0. The Bertz CT molecular complexity index is 659. The van der Waals surface area contributed by atoms with E-state index in [9.17, 15) is 26.7 Å². The predicted octanol–water partition coefficient (Wildman–Crippen LogP) is 3.75. The maximum atomic E-state index is 13.0. The van der Waals surface area contributed by atoms with Crippen molar-refractivity contribution in [1.82, 2.24) is 5.32 Å². The number of alkyl halides is 5. The largest absolute Gasteiger partial charge is 0.455 e. The Labute approximate surface area is 136 Å². The molecule has 0 aliphatic carbocycles. The average molecular weight is 348 g/mol. The van der Waals surface area contributed by atoms with Crippen LogP contribution in [0.5, 0.6) is 0 Å². The second-order valence-electron chi connectivity index (χ2n) is 5.83. The predicted molar refractivity (Wildman–Crippen MR) is 81.0 cm³/mol. The lowest BCUT2D eigenvalue weighted by atomic mass is 10.0. The van der Waals surface area contributed by atoms with Crippen molar-refractivity contribution in [3.8, 4) is 12.3 Å².